The normalized spacial score (nSPS) is 13.1. The van der Waals surface area contributed by atoms with E-state index in [1.807, 2.05) is 0 Å². The number of carbonyl (C=O) groups is 8. The smallest absolute Gasteiger partial charge is 0.323 e. The molecular formula is C21H46N8O16S. The Balaban J connectivity index is -0.000000106. The maximum Gasteiger partial charge on any atom is 0.323 e. The quantitative estimate of drug-likeness (QED) is 0.0749. The summed E-state index contributed by atoms with van der Waals surface area (Å²) in [6.07, 6.45) is -1.17. The molecule has 0 aromatic rings. The number of aliphatic hydroxyl groups is 2. The molecule has 6 atom stereocenters. The third-order valence-corrected chi connectivity index (χ3v) is 4.16. The van der Waals surface area contributed by atoms with Crippen LogP contribution in [0.4, 0.5) is 0 Å². The van der Waals surface area contributed by atoms with Gasteiger partial charge in [0.1, 0.15) is 30.2 Å². The number of carbonyl (C=O) groups excluding carboxylic acids is 2. The largest absolute Gasteiger partial charge is 0.480 e. The molecule has 0 saturated carbocycles. The van der Waals surface area contributed by atoms with E-state index < -0.39 is 90.6 Å². The number of rotatable bonds is 14. The van der Waals surface area contributed by atoms with Crippen LogP contribution >= 0.6 is 12.6 Å². The molecule has 0 fully saturated rings. The van der Waals surface area contributed by atoms with Gasteiger partial charge in [0.25, 0.3) is 0 Å². The minimum atomic E-state index is -1.21. The molecule has 24 nitrogen and oxygen atoms in total. The van der Waals surface area contributed by atoms with Crippen molar-refractivity contribution < 1.29 is 79.2 Å². The second-order valence-electron chi connectivity index (χ2n) is 8.02. The van der Waals surface area contributed by atoms with Gasteiger partial charge in [0, 0.05) is 12.2 Å². The summed E-state index contributed by atoms with van der Waals surface area (Å²) in [7, 11) is 0. The van der Waals surface area contributed by atoms with Crippen LogP contribution in [0.15, 0.2) is 0 Å². The summed E-state index contributed by atoms with van der Waals surface area (Å²) in [5, 5.41) is 64.4. The highest BCUT2D eigenvalue weighted by Gasteiger charge is 2.16. The monoisotopic (exact) mass is 698 g/mol. The summed E-state index contributed by atoms with van der Waals surface area (Å²) in [5.74, 6) is -7.70. The molecule has 0 aromatic carbocycles. The molecule has 0 saturated heterocycles. The van der Waals surface area contributed by atoms with Crippen molar-refractivity contribution in [2.75, 3.05) is 18.9 Å². The zero-order chi connectivity index (χ0) is 38.3. The molecule has 0 spiro atoms. The maximum atomic E-state index is 10.1. The molecule has 0 bridgehead atoms. The fraction of sp³-hybridized carbons (Fsp3) is 0.619. The van der Waals surface area contributed by atoms with Crippen molar-refractivity contribution >= 4 is 60.3 Å². The summed E-state index contributed by atoms with van der Waals surface area (Å²) < 4.78 is 0. The minimum Gasteiger partial charge on any atom is -0.480 e. The molecule has 272 valence electrons. The van der Waals surface area contributed by atoms with Crippen LogP contribution in [0.3, 0.4) is 0 Å². The van der Waals surface area contributed by atoms with Crippen molar-refractivity contribution in [2.24, 2.45) is 45.9 Å². The van der Waals surface area contributed by atoms with E-state index in [1.54, 1.807) is 0 Å². The van der Waals surface area contributed by atoms with Crippen LogP contribution in [-0.2, 0) is 38.4 Å². The van der Waals surface area contributed by atoms with Crippen molar-refractivity contribution in [3.63, 3.8) is 0 Å². The Kier molecular flexibility index (Phi) is 39.7. The average Bonchev–Trinajstić information content (AvgIpc) is 2.95. The van der Waals surface area contributed by atoms with Crippen molar-refractivity contribution in [3.05, 3.63) is 0 Å². The second kappa shape index (κ2) is 33.7. The van der Waals surface area contributed by atoms with Gasteiger partial charge in [-0.05, 0) is 13.3 Å². The summed E-state index contributed by atoms with van der Waals surface area (Å²) in [5.41, 5.74) is 38.6. The van der Waals surface area contributed by atoms with E-state index in [1.165, 1.54) is 6.92 Å². The van der Waals surface area contributed by atoms with Crippen molar-refractivity contribution in [1.29, 1.82) is 0 Å². The molecule has 2 amide bonds. The standard InChI is InChI=1S/C5H10N2O3.C4H8N2O3.C4H9NO3.C3H7NO3.C3H7NO2S.C2H5NO2/c6-3(5(9)10)1-2-4(7)8;5-2(4(8)9)1-3(6)7;1-2(6)3(5)4(7)8;4-2(1-5)3(6)7;4-2(1-7)3(5)6;3-1-2(4)5/h3H,1-2,6H2,(H2,7,8)(H,9,10);2H,1,5H2,(H2,6,7)(H,8,9);2-3,6H,5H2,1H3,(H,7,8);2,5H,1,4H2,(H,6,7);2,7H,1,4H2,(H,5,6);1,3H2,(H,4,5)/t3-;2-;2-,3+;2*2-;/m00100./s1. The Labute approximate surface area is 267 Å². The fourth-order valence-corrected chi connectivity index (χ4v) is 1.24. The molecule has 0 rings (SSSR count). The van der Waals surface area contributed by atoms with Crippen LogP contribution in [0, 0.1) is 0 Å². The number of hydrogen-bond acceptors (Lipinski definition) is 17. The maximum absolute atomic E-state index is 10.1. The first-order valence-electron chi connectivity index (χ1n) is 12.1. The third kappa shape index (κ3) is 49.5. The van der Waals surface area contributed by atoms with E-state index in [-0.39, 0.29) is 31.6 Å². The van der Waals surface area contributed by atoms with Gasteiger partial charge >= 0.3 is 35.8 Å². The Morgan fingerprint density at radius 2 is 0.978 bits per heavy atom. The first kappa shape index (κ1) is 54.3. The van der Waals surface area contributed by atoms with Gasteiger partial charge in [0.2, 0.25) is 11.8 Å². The molecule has 24 N–H and O–H groups in total. The number of thiol groups is 1. The number of aliphatic hydroxyl groups excluding tert-OH is 2. The van der Waals surface area contributed by atoms with Crippen LogP contribution in [0.25, 0.3) is 0 Å². The predicted octanol–water partition coefficient (Wildman–Crippen LogP) is -7.54. The highest BCUT2D eigenvalue weighted by atomic mass is 32.1. The van der Waals surface area contributed by atoms with E-state index in [0.29, 0.717) is 0 Å². The number of carboxylic acids is 6. The molecule has 0 aromatic heterocycles. The molecule has 25 heteroatoms. The predicted molar refractivity (Wildman–Crippen MR) is 160 cm³/mol. The third-order valence-electron chi connectivity index (χ3n) is 3.76. The molecule has 46 heavy (non-hydrogen) atoms. The topological polar surface area (TPSA) is 507 Å². The van der Waals surface area contributed by atoms with E-state index in [0.717, 1.165) is 0 Å². The Bertz CT molecular complexity index is 908. The molecule has 0 aliphatic heterocycles. The summed E-state index contributed by atoms with van der Waals surface area (Å²) in [6.45, 7) is 0.550. The first-order valence-corrected chi connectivity index (χ1v) is 12.7. The van der Waals surface area contributed by atoms with Crippen LogP contribution in [-0.4, -0.2) is 144 Å². The van der Waals surface area contributed by atoms with Gasteiger partial charge < -0.3 is 86.7 Å². The second-order valence-corrected chi connectivity index (χ2v) is 8.39. The molecule has 0 radical (unpaired) electrons. The minimum absolute atomic E-state index is 0.0213. The number of aliphatic carboxylic acids is 6. The molecule has 0 unspecified atom stereocenters. The fourth-order valence-electron chi connectivity index (χ4n) is 1.09. The van der Waals surface area contributed by atoms with Crippen LogP contribution < -0.4 is 45.9 Å². The zero-order valence-corrected chi connectivity index (χ0v) is 25.5. The molecule has 0 aliphatic carbocycles. The summed E-state index contributed by atoms with van der Waals surface area (Å²) in [6, 6.07) is -5.24. The lowest BCUT2D eigenvalue weighted by molar-refractivity contribution is -0.141. The van der Waals surface area contributed by atoms with Crippen molar-refractivity contribution in [3.8, 4) is 0 Å². The lowest BCUT2D eigenvalue weighted by Crippen LogP contribution is -2.39. The van der Waals surface area contributed by atoms with E-state index in [4.69, 9.17) is 75.3 Å². The van der Waals surface area contributed by atoms with Crippen molar-refractivity contribution in [1.82, 2.24) is 0 Å². The first-order chi connectivity index (χ1) is 20.8. The van der Waals surface area contributed by atoms with Crippen LogP contribution in [0.2, 0.25) is 0 Å². The highest BCUT2D eigenvalue weighted by molar-refractivity contribution is 7.80. The lowest BCUT2D eigenvalue weighted by atomic mass is 10.2. The zero-order valence-electron chi connectivity index (χ0n) is 24.6. The molecular weight excluding hydrogens is 652 g/mol. The number of hydrogen-bond donors (Lipinski definition) is 17. The van der Waals surface area contributed by atoms with E-state index >= 15 is 0 Å². The Hall–Kier alpha value is -4.21. The number of carboxylic acid groups (broad SMARTS) is 6. The van der Waals surface area contributed by atoms with E-state index in [2.05, 4.69) is 24.1 Å². The van der Waals surface area contributed by atoms with Gasteiger partial charge in [-0.25, -0.2) is 0 Å². The van der Waals surface area contributed by atoms with Gasteiger partial charge in [-0.2, -0.15) is 12.6 Å². The Morgan fingerprint density at radius 1 is 0.630 bits per heavy atom. The van der Waals surface area contributed by atoms with Crippen LogP contribution in [0.1, 0.15) is 26.2 Å². The number of primary amides is 2. The van der Waals surface area contributed by atoms with Gasteiger partial charge in [-0.3, -0.25) is 38.4 Å². The summed E-state index contributed by atoms with van der Waals surface area (Å²) >= 11 is 3.65. The Morgan fingerprint density at radius 3 is 1.07 bits per heavy atom. The molecule has 0 aliphatic rings. The summed E-state index contributed by atoms with van der Waals surface area (Å²) in [4.78, 5) is 78.5. The number of amides is 2. The lowest BCUT2D eigenvalue weighted by Gasteiger charge is -2.06. The SMILES string of the molecule is C[C@@H](O)[C@H](N)C(=O)O.NC(=O)CC[C@H](N)C(=O)O.NC(=O)C[C@H](N)C(=O)O.NCC(=O)O.N[C@@H](CO)C(=O)O.N[C@@H](CS)C(=O)O. The highest BCUT2D eigenvalue weighted by Crippen LogP contribution is 1.92. The molecule has 0 heterocycles. The number of nitrogens with two attached hydrogens (primary N) is 8. The van der Waals surface area contributed by atoms with Gasteiger partial charge in [-0.1, -0.05) is 0 Å². The van der Waals surface area contributed by atoms with Crippen molar-refractivity contribution in [2.45, 2.75) is 62.5 Å². The van der Waals surface area contributed by atoms with Gasteiger partial charge in [-0.15, -0.1) is 0 Å². The van der Waals surface area contributed by atoms with E-state index in [9.17, 15) is 38.4 Å². The van der Waals surface area contributed by atoms with Crippen LogP contribution in [0.5, 0.6) is 0 Å². The van der Waals surface area contributed by atoms with Gasteiger partial charge in [0.05, 0.1) is 25.7 Å². The van der Waals surface area contributed by atoms with Gasteiger partial charge in [0.15, 0.2) is 0 Å². The average molecular weight is 699 g/mol.